The summed E-state index contributed by atoms with van der Waals surface area (Å²) in [6.45, 7) is 2.73. The molecule has 0 bridgehead atoms. The molecule has 3 rings (SSSR count). The van der Waals surface area contributed by atoms with E-state index >= 15 is 0 Å². The molecule has 0 radical (unpaired) electrons. The molecule has 3 aromatic rings. The Labute approximate surface area is 129 Å². The topological polar surface area (TPSA) is 29.9 Å². The molecule has 21 heavy (non-hydrogen) atoms. The Bertz CT molecular complexity index is 772. The number of hydrogen-bond donors (Lipinski definition) is 1. The average molecular weight is 300 g/mol. The largest absolute Gasteiger partial charge is 0.379 e. The van der Waals surface area contributed by atoms with E-state index in [9.17, 15) is 0 Å². The number of fused-ring (bicyclic) bond motifs is 1. The monoisotopic (exact) mass is 299 g/mol. The number of nitrogens with one attached hydrogen (secondary N) is 1. The van der Waals surface area contributed by atoms with Gasteiger partial charge in [-0.15, -0.1) is 0 Å². The Morgan fingerprint density at radius 1 is 1.14 bits per heavy atom. The fraction of sp³-hybridized carbons (Fsp3) is 0.235. The highest BCUT2D eigenvalue weighted by molar-refractivity contribution is 6.31. The summed E-state index contributed by atoms with van der Waals surface area (Å²) in [6, 6.07) is 14.6. The van der Waals surface area contributed by atoms with Crippen LogP contribution < -0.4 is 5.32 Å². The molecule has 3 nitrogen and oxygen atoms in total. The molecule has 1 N–H and O–H groups in total. The van der Waals surface area contributed by atoms with Crippen LogP contribution in [0.3, 0.4) is 0 Å². The Morgan fingerprint density at radius 2 is 1.90 bits per heavy atom. The molecule has 0 unspecified atom stereocenters. The lowest BCUT2D eigenvalue weighted by Crippen LogP contribution is -2.06. The van der Waals surface area contributed by atoms with Gasteiger partial charge in [0.05, 0.1) is 23.0 Å². The third kappa shape index (κ3) is 2.61. The van der Waals surface area contributed by atoms with Crippen molar-refractivity contribution in [1.82, 2.24) is 9.78 Å². The number of rotatable bonds is 4. The van der Waals surface area contributed by atoms with Crippen LogP contribution in [0.1, 0.15) is 18.3 Å². The van der Waals surface area contributed by atoms with Gasteiger partial charge in [0, 0.05) is 18.1 Å². The maximum atomic E-state index is 6.39. The Kier molecular flexibility index (Phi) is 3.84. The molecule has 0 atom stereocenters. The summed E-state index contributed by atoms with van der Waals surface area (Å²) in [5.41, 5.74) is 3.08. The van der Waals surface area contributed by atoms with Crippen LogP contribution in [0.5, 0.6) is 0 Å². The minimum absolute atomic E-state index is 0.663. The zero-order valence-electron chi connectivity index (χ0n) is 12.2. The maximum Gasteiger partial charge on any atom is 0.0868 e. The summed E-state index contributed by atoms with van der Waals surface area (Å²) < 4.78 is 1.86. The van der Waals surface area contributed by atoms with Crippen LogP contribution in [0.4, 0.5) is 5.69 Å². The first-order chi connectivity index (χ1) is 10.2. The molecule has 0 aliphatic heterocycles. The predicted molar refractivity (Wildman–Crippen MR) is 88.9 cm³/mol. The summed E-state index contributed by atoms with van der Waals surface area (Å²) >= 11 is 6.39. The quantitative estimate of drug-likeness (QED) is 0.774. The van der Waals surface area contributed by atoms with Crippen LogP contribution in [0.25, 0.3) is 10.8 Å². The molecule has 0 saturated carbocycles. The minimum atomic E-state index is 0.663. The Hall–Kier alpha value is -2.00. The van der Waals surface area contributed by atoms with Crippen molar-refractivity contribution in [2.24, 2.45) is 7.05 Å². The first-order valence-corrected chi connectivity index (χ1v) is 7.50. The minimum Gasteiger partial charge on any atom is -0.379 e. The number of aromatic nitrogens is 2. The van der Waals surface area contributed by atoms with E-state index in [1.807, 2.05) is 11.7 Å². The van der Waals surface area contributed by atoms with E-state index in [0.717, 1.165) is 28.5 Å². The van der Waals surface area contributed by atoms with Crippen molar-refractivity contribution in [3.05, 3.63) is 58.9 Å². The Balaban J connectivity index is 1.89. The zero-order valence-corrected chi connectivity index (χ0v) is 13.0. The van der Waals surface area contributed by atoms with Gasteiger partial charge in [0.2, 0.25) is 0 Å². The van der Waals surface area contributed by atoms with Gasteiger partial charge in [-0.1, -0.05) is 54.9 Å². The smallest absolute Gasteiger partial charge is 0.0868 e. The van der Waals surface area contributed by atoms with Crippen molar-refractivity contribution < 1.29 is 0 Å². The van der Waals surface area contributed by atoms with Gasteiger partial charge in [-0.3, -0.25) is 4.68 Å². The SMILES string of the molecule is CCc1nn(C)c(CNc2cccc3ccccc23)c1Cl. The predicted octanol–water partition coefficient (Wildman–Crippen LogP) is 4.40. The molecule has 4 heteroatoms. The van der Waals surface area contributed by atoms with E-state index < -0.39 is 0 Å². The normalized spacial score (nSPS) is 11.0. The van der Waals surface area contributed by atoms with Crippen molar-refractivity contribution >= 4 is 28.1 Å². The molecule has 0 fully saturated rings. The lowest BCUT2D eigenvalue weighted by Gasteiger charge is -2.10. The zero-order chi connectivity index (χ0) is 14.8. The fourth-order valence-corrected chi connectivity index (χ4v) is 2.93. The summed E-state index contributed by atoms with van der Waals surface area (Å²) in [6.07, 6.45) is 0.848. The van der Waals surface area contributed by atoms with Gasteiger partial charge in [0.15, 0.2) is 0 Å². The van der Waals surface area contributed by atoms with Crippen LogP contribution in [0, 0.1) is 0 Å². The number of benzene rings is 2. The first kappa shape index (κ1) is 14.0. The second-order valence-electron chi connectivity index (χ2n) is 5.06. The standard InChI is InChI=1S/C17H18ClN3/c1-3-14-17(18)16(21(2)20-14)11-19-15-10-6-8-12-7-4-5-9-13(12)15/h4-10,19H,3,11H2,1-2H3. The van der Waals surface area contributed by atoms with E-state index in [1.54, 1.807) is 0 Å². The van der Waals surface area contributed by atoms with Crippen LogP contribution in [-0.4, -0.2) is 9.78 Å². The van der Waals surface area contributed by atoms with Gasteiger partial charge < -0.3 is 5.32 Å². The lowest BCUT2D eigenvalue weighted by molar-refractivity contribution is 0.707. The van der Waals surface area contributed by atoms with Gasteiger partial charge in [-0.2, -0.15) is 5.10 Å². The molecule has 2 aromatic carbocycles. The van der Waals surface area contributed by atoms with E-state index in [0.29, 0.717) is 6.54 Å². The molecule has 0 aliphatic carbocycles. The third-order valence-electron chi connectivity index (χ3n) is 3.74. The van der Waals surface area contributed by atoms with Crippen LogP contribution in [0.2, 0.25) is 5.02 Å². The van der Waals surface area contributed by atoms with Crippen LogP contribution in [0.15, 0.2) is 42.5 Å². The van der Waals surface area contributed by atoms with Crippen molar-refractivity contribution in [2.45, 2.75) is 19.9 Å². The molecular weight excluding hydrogens is 282 g/mol. The molecule has 1 heterocycles. The van der Waals surface area contributed by atoms with Crippen LogP contribution >= 0.6 is 11.6 Å². The number of halogens is 1. The maximum absolute atomic E-state index is 6.39. The molecule has 0 saturated heterocycles. The second kappa shape index (κ2) is 5.78. The highest BCUT2D eigenvalue weighted by Gasteiger charge is 2.12. The van der Waals surface area contributed by atoms with Gasteiger partial charge in [0.25, 0.3) is 0 Å². The summed E-state index contributed by atoms with van der Waals surface area (Å²) in [5.74, 6) is 0. The number of hydrogen-bond acceptors (Lipinski definition) is 2. The van der Waals surface area contributed by atoms with E-state index in [4.69, 9.17) is 11.6 Å². The van der Waals surface area contributed by atoms with Gasteiger partial charge in [-0.25, -0.2) is 0 Å². The van der Waals surface area contributed by atoms with Crippen molar-refractivity contribution in [3.8, 4) is 0 Å². The molecule has 1 aromatic heterocycles. The Morgan fingerprint density at radius 3 is 2.67 bits per heavy atom. The summed E-state index contributed by atoms with van der Waals surface area (Å²) in [7, 11) is 1.94. The van der Waals surface area contributed by atoms with Crippen LogP contribution in [-0.2, 0) is 20.0 Å². The summed E-state index contributed by atoms with van der Waals surface area (Å²) in [5, 5.41) is 11.1. The van der Waals surface area contributed by atoms with E-state index in [2.05, 4.69) is 59.8 Å². The second-order valence-corrected chi connectivity index (χ2v) is 5.44. The fourth-order valence-electron chi connectivity index (χ4n) is 2.57. The van der Waals surface area contributed by atoms with Crippen molar-refractivity contribution in [3.63, 3.8) is 0 Å². The van der Waals surface area contributed by atoms with E-state index in [1.165, 1.54) is 10.8 Å². The molecule has 0 spiro atoms. The van der Waals surface area contributed by atoms with Gasteiger partial charge in [0.1, 0.15) is 0 Å². The summed E-state index contributed by atoms with van der Waals surface area (Å²) in [4.78, 5) is 0. The van der Waals surface area contributed by atoms with Gasteiger partial charge in [-0.05, 0) is 17.9 Å². The highest BCUT2D eigenvalue weighted by Crippen LogP contribution is 2.25. The first-order valence-electron chi connectivity index (χ1n) is 7.12. The molecule has 108 valence electrons. The molecule has 0 amide bonds. The number of aryl methyl sites for hydroxylation is 2. The lowest BCUT2D eigenvalue weighted by atomic mass is 10.1. The number of nitrogens with zero attached hydrogens (tertiary/aromatic N) is 2. The van der Waals surface area contributed by atoms with Gasteiger partial charge >= 0.3 is 0 Å². The van der Waals surface area contributed by atoms with Crippen molar-refractivity contribution in [2.75, 3.05) is 5.32 Å². The third-order valence-corrected chi connectivity index (χ3v) is 4.18. The molecular formula is C17H18ClN3. The van der Waals surface area contributed by atoms with Crippen molar-refractivity contribution in [1.29, 1.82) is 0 Å². The highest BCUT2D eigenvalue weighted by atomic mass is 35.5. The average Bonchev–Trinajstić information content (AvgIpc) is 2.79. The number of anilines is 1. The van der Waals surface area contributed by atoms with E-state index in [-0.39, 0.29) is 0 Å². The molecule has 0 aliphatic rings.